The smallest absolute Gasteiger partial charge is 0.140 e. The molecule has 0 spiro atoms. The lowest BCUT2D eigenvalue weighted by atomic mass is 9.96. The van der Waals surface area contributed by atoms with E-state index in [1.165, 1.54) is 30.1 Å². The summed E-state index contributed by atoms with van der Waals surface area (Å²) in [6, 6.07) is 0.619. The third-order valence-electron chi connectivity index (χ3n) is 2.64. The molecule has 1 heterocycles. The third kappa shape index (κ3) is 3.40. The van der Waals surface area contributed by atoms with Crippen LogP contribution in [0.4, 0.5) is 0 Å². The van der Waals surface area contributed by atoms with Crippen LogP contribution in [0.5, 0.6) is 0 Å². The summed E-state index contributed by atoms with van der Waals surface area (Å²) in [4.78, 5) is 4.79. The van der Waals surface area contributed by atoms with Gasteiger partial charge in [-0.2, -0.15) is 0 Å². The summed E-state index contributed by atoms with van der Waals surface area (Å²) < 4.78 is 4.69. The lowest BCUT2D eigenvalue weighted by molar-refractivity contribution is 0.462. The lowest BCUT2D eigenvalue weighted by Gasteiger charge is -2.21. The number of hydrogen-bond acceptors (Lipinski definition) is 4. The minimum Gasteiger partial charge on any atom is -0.266 e. The van der Waals surface area contributed by atoms with Gasteiger partial charge in [0.1, 0.15) is 4.38 Å². The third-order valence-corrected chi connectivity index (χ3v) is 5.33. The Morgan fingerprint density at radius 3 is 2.73 bits per heavy atom. The van der Waals surface area contributed by atoms with E-state index >= 15 is 0 Å². The average molecular weight is 244 g/mol. The predicted octanol–water partition coefficient (Wildman–Crippen LogP) is 3.44. The quantitative estimate of drug-likeness (QED) is 0.715. The van der Waals surface area contributed by atoms with Gasteiger partial charge in [0.25, 0.3) is 0 Å². The molecule has 86 valence electrons. The first-order chi connectivity index (χ1) is 7.04. The van der Waals surface area contributed by atoms with Crippen molar-refractivity contribution in [1.29, 1.82) is 0 Å². The Labute approximate surface area is 101 Å². The van der Waals surface area contributed by atoms with E-state index in [0.717, 1.165) is 5.25 Å². The molecule has 0 bridgehead atoms. The number of nitrogens with zero attached hydrogens (tertiary/aromatic N) is 1. The van der Waals surface area contributed by atoms with Crippen LogP contribution in [0.3, 0.4) is 0 Å². The van der Waals surface area contributed by atoms with E-state index < -0.39 is 0 Å². The fraction of sp³-hybridized carbons (Fsp3) is 0.909. The molecule has 0 radical (unpaired) electrons. The van der Waals surface area contributed by atoms with Crippen LogP contribution in [-0.4, -0.2) is 21.2 Å². The molecule has 1 aliphatic carbocycles. The minimum atomic E-state index is 0.168. The molecule has 1 N–H and O–H groups in total. The van der Waals surface area contributed by atoms with Gasteiger partial charge >= 0.3 is 0 Å². The molecule has 2 unspecified atom stereocenters. The van der Waals surface area contributed by atoms with Crippen LogP contribution in [-0.2, 0) is 0 Å². The highest BCUT2D eigenvalue weighted by Gasteiger charge is 2.32. The molecule has 2 aliphatic rings. The van der Waals surface area contributed by atoms with Crippen LogP contribution in [0, 0.1) is 0 Å². The van der Waals surface area contributed by atoms with Gasteiger partial charge < -0.3 is 0 Å². The molecule has 1 saturated carbocycles. The largest absolute Gasteiger partial charge is 0.266 e. The average Bonchev–Trinajstić information content (AvgIpc) is 2.56. The van der Waals surface area contributed by atoms with Crippen molar-refractivity contribution in [2.24, 2.45) is 4.99 Å². The molecule has 1 aliphatic heterocycles. The Balaban J connectivity index is 1.84. The van der Waals surface area contributed by atoms with Crippen molar-refractivity contribution < 1.29 is 0 Å². The number of fused-ring (bicyclic) bond motifs is 1. The van der Waals surface area contributed by atoms with Crippen molar-refractivity contribution >= 4 is 28.1 Å². The van der Waals surface area contributed by atoms with Crippen LogP contribution in [0.15, 0.2) is 4.99 Å². The second kappa shape index (κ2) is 4.68. The number of hydrogen-bond donors (Lipinski definition) is 1. The highest BCUT2D eigenvalue weighted by atomic mass is 32.2. The number of nitrogens with one attached hydrogen (secondary N) is 1. The number of aliphatic imine (C=N–C) groups is 1. The number of rotatable bonds is 1. The Morgan fingerprint density at radius 2 is 2.07 bits per heavy atom. The SMILES string of the molecule is CC(C)(C)NSC1=NC2CCCCC2S1. The van der Waals surface area contributed by atoms with E-state index in [0.29, 0.717) is 6.04 Å². The molecule has 2 rings (SSSR count). The first-order valence-corrected chi connectivity index (χ1v) is 7.43. The Bertz CT molecular complexity index is 258. The second-order valence-electron chi connectivity index (χ2n) is 5.36. The molecular formula is C11H20N2S2. The summed E-state index contributed by atoms with van der Waals surface area (Å²) in [5, 5.41) is 0.781. The second-order valence-corrected chi connectivity index (χ2v) is 7.64. The van der Waals surface area contributed by atoms with Gasteiger partial charge in [0.05, 0.1) is 6.04 Å². The van der Waals surface area contributed by atoms with Crippen molar-refractivity contribution in [3.05, 3.63) is 0 Å². The highest BCUT2D eigenvalue weighted by molar-refractivity contribution is 8.38. The van der Waals surface area contributed by atoms with Gasteiger partial charge in [-0.1, -0.05) is 24.6 Å². The van der Waals surface area contributed by atoms with Gasteiger partial charge in [-0.05, 0) is 45.6 Å². The van der Waals surface area contributed by atoms with Gasteiger partial charge in [0.2, 0.25) is 0 Å². The van der Waals surface area contributed by atoms with Crippen LogP contribution in [0.2, 0.25) is 0 Å². The molecular weight excluding hydrogens is 224 g/mol. The predicted molar refractivity (Wildman–Crippen MR) is 71.5 cm³/mol. The maximum Gasteiger partial charge on any atom is 0.140 e. The maximum absolute atomic E-state index is 4.79. The monoisotopic (exact) mass is 244 g/mol. The van der Waals surface area contributed by atoms with E-state index in [1.54, 1.807) is 11.9 Å². The zero-order valence-corrected chi connectivity index (χ0v) is 11.4. The topological polar surface area (TPSA) is 24.4 Å². The van der Waals surface area contributed by atoms with E-state index in [-0.39, 0.29) is 5.54 Å². The Morgan fingerprint density at radius 1 is 1.33 bits per heavy atom. The molecule has 4 heteroatoms. The fourth-order valence-corrected chi connectivity index (χ4v) is 4.27. The van der Waals surface area contributed by atoms with Crippen LogP contribution in [0.1, 0.15) is 46.5 Å². The standard InChI is InChI=1S/C11H20N2S2/c1-11(2,3)13-15-10-12-8-6-4-5-7-9(8)14-10/h8-9,13H,4-7H2,1-3H3. The minimum absolute atomic E-state index is 0.168. The van der Waals surface area contributed by atoms with Crippen LogP contribution < -0.4 is 4.72 Å². The molecule has 0 aromatic rings. The summed E-state index contributed by atoms with van der Waals surface area (Å²) in [7, 11) is 0. The molecule has 2 atom stereocenters. The molecule has 2 nitrogen and oxygen atoms in total. The van der Waals surface area contributed by atoms with Gasteiger partial charge in [-0.25, -0.2) is 0 Å². The zero-order chi connectivity index (χ0) is 10.9. The van der Waals surface area contributed by atoms with Gasteiger partial charge in [-0.15, -0.1) is 0 Å². The molecule has 0 aromatic carbocycles. The molecule has 0 aromatic heterocycles. The van der Waals surface area contributed by atoms with Gasteiger partial charge in [-0.3, -0.25) is 9.71 Å². The zero-order valence-electron chi connectivity index (χ0n) is 9.75. The first-order valence-electron chi connectivity index (χ1n) is 5.73. The lowest BCUT2D eigenvalue weighted by Crippen LogP contribution is -2.30. The van der Waals surface area contributed by atoms with Crippen molar-refractivity contribution in [3.63, 3.8) is 0 Å². The number of thioether (sulfide) groups is 1. The van der Waals surface area contributed by atoms with Crippen molar-refractivity contribution in [2.75, 3.05) is 0 Å². The fourth-order valence-electron chi connectivity index (χ4n) is 1.90. The Kier molecular flexibility index (Phi) is 3.68. The van der Waals surface area contributed by atoms with Crippen LogP contribution >= 0.6 is 23.7 Å². The first kappa shape index (κ1) is 11.8. The summed E-state index contributed by atoms with van der Waals surface area (Å²) >= 11 is 3.71. The Hall–Kier alpha value is 0.330. The maximum atomic E-state index is 4.79. The summed E-state index contributed by atoms with van der Waals surface area (Å²) in [5.41, 5.74) is 0.168. The molecule has 0 saturated heterocycles. The van der Waals surface area contributed by atoms with Crippen molar-refractivity contribution in [1.82, 2.24) is 4.72 Å². The van der Waals surface area contributed by atoms with E-state index in [4.69, 9.17) is 4.99 Å². The summed E-state index contributed by atoms with van der Waals surface area (Å²) in [6.07, 6.45) is 5.43. The van der Waals surface area contributed by atoms with Crippen molar-refractivity contribution in [3.8, 4) is 0 Å². The van der Waals surface area contributed by atoms with E-state index in [9.17, 15) is 0 Å². The van der Waals surface area contributed by atoms with Crippen molar-refractivity contribution in [2.45, 2.75) is 63.3 Å². The summed E-state index contributed by atoms with van der Waals surface area (Å²) in [5.74, 6) is 0. The van der Waals surface area contributed by atoms with Crippen LogP contribution in [0.25, 0.3) is 0 Å². The van der Waals surface area contributed by atoms with Gasteiger partial charge in [0.15, 0.2) is 0 Å². The highest BCUT2D eigenvalue weighted by Crippen LogP contribution is 2.39. The van der Waals surface area contributed by atoms with E-state index in [1.807, 2.05) is 11.8 Å². The summed E-state index contributed by atoms with van der Waals surface area (Å²) in [6.45, 7) is 6.56. The van der Waals surface area contributed by atoms with E-state index in [2.05, 4.69) is 25.5 Å². The normalized spacial score (nSPS) is 31.3. The molecule has 15 heavy (non-hydrogen) atoms. The molecule has 1 fully saturated rings. The molecule has 0 amide bonds. The van der Waals surface area contributed by atoms with Gasteiger partial charge in [0, 0.05) is 10.8 Å².